The minimum atomic E-state index is -1.02. The van der Waals surface area contributed by atoms with E-state index in [4.69, 9.17) is 10.8 Å². The van der Waals surface area contributed by atoms with Gasteiger partial charge in [0.15, 0.2) is 0 Å². The first-order chi connectivity index (χ1) is 10.4. The van der Waals surface area contributed by atoms with Gasteiger partial charge in [0.2, 0.25) is 5.91 Å². The number of rotatable bonds is 1. The van der Waals surface area contributed by atoms with E-state index in [-0.39, 0.29) is 25.5 Å². The smallest absolute Gasteiger partial charge is 0.407 e. The van der Waals surface area contributed by atoms with E-state index in [1.54, 1.807) is 7.05 Å². The van der Waals surface area contributed by atoms with E-state index in [1.165, 1.54) is 14.5 Å². The van der Waals surface area contributed by atoms with Gasteiger partial charge in [-0.1, -0.05) is 0 Å². The molecule has 0 radical (unpaired) electrons. The Hall–Kier alpha value is -2.58. The van der Waals surface area contributed by atoms with Crippen LogP contribution in [-0.4, -0.2) is 62.7 Å². The zero-order chi connectivity index (χ0) is 16.0. The molecule has 0 fully saturated rings. The molecule has 2 aliphatic heterocycles. The van der Waals surface area contributed by atoms with Crippen LogP contribution in [0.1, 0.15) is 21.7 Å². The van der Waals surface area contributed by atoms with Crippen molar-refractivity contribution >= 4 is 17.9 Å². The van der Waals surface area contributed by atoms with Crippen molar-refractivity contribution in [3.05, 3.63) is 17.0 Å². The normalized spacial score (nSPS) is 21.1. The topological polar surface area (TPSA) is 122 Å². The van der Waals surface area contributed by atoms with Gasteiger partial charge in [-0.2, -0.15) is 5.10 Å². The fraction of sp³-hybridized carbons (Fsp3) is 0.538. The second kappa shape index (κ2) is 5.00. The number of nitrogens with two attached hydrogens (primary N) is 1. The van der Waals surface area contributed by atoms with Crippen LogP contribution in [0.3, 0.4) is 0 Å². The summed E-state index contributed by atoms with van der Waals surface area (Å²) in [5, 5.41) is 13.5. The lowest BCUT2D eigenvalue weighted by atomic mass is 10.1. The van der Waals surface area contributed by atoms with E-state index in [2.05, 4.69) is 5.10 Å². The number of fused-ring (bicyclic) bond motifs is 3. The highest BCUT2D eigenvalue weighted by molar-refractivity contribution is 5.95. The van der Waals surface area contributed by atoms with Crippen molar-refractivity contribution in [2.24, 2.45) is 11.7 Å². The maximum absolute atomic E-state index is 12.6. The molecule has 0 saturated heterocycles. The standard InChI is InChI=1S/C13H17N5O4/c1-16-4-7(11(14)19)5-18-10(12(16)20)8-6-17(13(21)22)3-2-9(8)15-18/h7H,2-6H2,1H3,(H2,14,19)(H,21,22). The molecule has 0 bridgehead atoms. The number of carbonyl (C=O) groups excluding carboxylic acids is 2. The lowest BCUT2D eigenvalue weighted by Crippen LogP contribution is -2.38. The average Bonchev–Trinajstić information content (AvgIpc) is 2.76. The first-order valence-corrected chi connectivity index (χ1v) is 6.99. The second-order valence-electron chi connectivity index (χ2n) is 5.70. The van der Waals surface area contributed by atoms with Crippen LogP contribution < -0.4 is 5.73 Å². The molecule has 9 heteroatoms. The number of nitrogens with zero attached hydrogens (tertiary/aromatic N) is 4. The van der Waals surface area contributed by atoms with Gasteiger partial charge in [-0.3, -0.25) is 14.3 Å². The monoisotopic (exact) mass is 307 g/mol. The highest BCUT2D eigenvalue weighted by Crippen LogP contribution is 2.26. The number of hydrogen-bond donors (Lipinski definition) is 2. The SMILES string of the molecule is CN1CC(C(N)=O)Cn2nc3c(c2C1=O)CN(C(=O)O)CC3. The molecule has 3 rings (SSSR count). The molecule has 0 spiro atoms. The zero-order valence-electron chi connectivity index (χ0n) is 12.2. The number of carbonyl (C=O) groups is 3. The van der Waals surface area contributed by atoms with E-state index in [0.717, 1.165) is 5.69 Å². The molecule has 1 aromatic heterocycles. The van der Waals surface area contributed by atoms with Crippen LogP contribution in [0, 0.1) is 5.92 Å². The third-order valence-electron chi connectivity index (χ3n) is 4.21. The van der Waals surface area contributed by atoms with Gasteiger partial charge >= 0.3 is 6.09 Å². The Labute approximate surface area is 126 Å². The molecule has 3 N–H and O–H groups in total. The largest absolute Gasteiger partial charge is 0.465 e. The number of carboxylic acid groups (broad SMARTS) is 1. The molecule has 118 valence electrons. The average molecular weight is 307 g/mol. The number of hydrogen-bond acceptors (Lipinski definition) is 4. The molecule has 1 unspecified atom stereocenters. The summed E-state index contributed by atoms with van der Waals surface area (Å²) in [4.78, 5) is 37.9. The van der Waals surface area contributed by atoms with Crippen molar-refractivity contribution in [2.75, 3.05) is 20.1 Å². The quantitative estimate of drug-likeness (QED) is 0.696. The minimum Gasteiger partial charge on any atom is -0.465 e. The Bertz CT molecular complexity index is 668. The van der Waals surface area contributed by atoms with Gasteiger partial charge in [0, 0.05) is 32.1 Å². The molecule has 9 nitrogen and oxygen atoms in total. The molecular weight excluding hydrogens is 290 g/mol. The second-order valence-corrected chi connectivity index (χ2v) is 5.70. The van der Waals surface area contributed by atoms with Gasteiger partial charge in [-0.15, -0.1) is 0 Å². The van der Waals surface area contributed by atoms with E-state index in [9.17, 15) is 14.4 Å². The maximum Gasteiger partial charge on any atom is 0.407 e. The molecule has 0 aromatic carbocycles. The fourth-order valence-electron chi connectivity index (χ4n) is 3.00. The Kier molecular flexibility index (Phi) is 3.27. The summed E-state index contributed by atoms with van der Waals surface area (Å²) in [6.07, 6.45) is -0.560. The molecular formula is C13H17N5O4. The number of aromatic nitrogens is 2. The summed E-state index contributed by atoms with van der Waals surface area (Å²) in [5.41, 5.74) is 7.11. The van der Waals surface area contributed by atoms with Crippen molar-refractivity contribution in [3.8, 4) is 0 Å². The summed E-state index contributed by atoms with van der Waals surface area (Å²) in [7, 11) is 1.60. The highest BCUT2D eigenvalue weighted by Gasteiger charge is 2.35. The fourth-order valence-corrected chi connectivity index (χ4v) is 3.00. The molecule has 1 aromatic rings. The zero-order valence-corrected chi connectivity index (χ0v) is 12.2. The summed E-state index contributed by atoms with van der Waals surface area (Å²) in [6.45, 7) is 0.957. The van der Waals surface area contributed by atoms with E-state index >= 15 is 0 Å². The van der Waals surface area contributed by atoms with E-state index in [1.807, 2.05) is 0 Å². The van der Waals surface area contributed by atoms with Crippen LogP contribution >= 0.6 is 0 Å². The molecule has 22 heavy (non-hydrogen) atoms. The molecule has 3 amide bonds. The summed E-state index contributed by atoms with van der Waals surface area (Å²) < 4.78 is 1.51. The van der Waals surface area contributed by atoms with Crippen molar-refractivity contribution in [1.29, 1.82) is 0 Å². The van der Waals surface area contributed by atoms with Crippen LogP contribution in [0.4, 0.5) is 4.79 Å². The molecule has 2 aliphatic rings. The summed E-state index contributed by atoms with van der Waals surface area (Å²) in [5.74, 6) is -1.25. The lowest BCUT2D eigenvalue weighted by Gasteiger charge is -2.24. The van der Waals surface area contributed by atoms with Crippen molar-refractivity contribution in [2.45, 2.75) is 19.5 Å². The Balaban J connectivity index is 2.04. The number of amides is 3. The maximum atomic E-state index is 12.6. The van der Waals surface area contributed by atoms with Crippen LogP contribution in [0.15, 0.2) is 0 Å². The Morgan fingerprint density at radius 3 is 2.73 bits per heavy atom. The molecule has 3 heterocycles. The first kappa shape index (κ1) is 14.4. The third-order valence-corrected chi connectivity index (χ3v) is 4.21. The van der Waals surface area contributed by atoms with Crippen LogP contribution in [0.5, 0.6) is 0 Å². The van der Waals surface area contributed by atoms with Crippen LogP contribution in [0.2, 0.25) is 0 Å². The van der Waals surface area contributed by atoms with Gasteiger partial charge in [0.05, 0.1) is 24.7 Å². The van der Waals surface area contributed by atoms with Gasteiger partial charge in [-0.25, -0.2) is 4.79 Å². The van der Waals surface area contributed by atoms with Crippen molar-refractivity contribution in [1.82, 2.24) is 19.6 Å². The highest BCUT2D eigenvalue weighted by atomic mass is 16.4. The summed E-state index contributed by atoms with van der Waals surface area (Å²) in [6, 6.07) is 0. The van der Waals surface area contributed by atoms with Gasteiger partial charge in [-0.05, 0) is 0 Å². The third kappa shape index (κ3) is 2.18. The van der Waals surface area contributed by atoms with E-state index in [0.29, 0.717) is 24.2 Å². The molecule has 1 atom stereocenters. The first-order valence-electron chi connectivity index (χ1n) is 6.99. The Morgan fingerprint density at radius 1 is 1.36 bits per heavy atom. The van der Waals surface area contributed by atoms with E-state index < -0.39 is 17.9 Å². The van der Waals surface area contributed by atoms with Crippen molar-refractivity contribution < 1.29 is 19.5 Å². The van der Waals surface area contributed by atoms with Gasteiger partial charge in [0.25, 0.3) is 5.91 Å². The van der Waals surface area contributed by atoms with Crippen LogP contribution in [-0.2, 0) is 24.3 Å². The predicted octanol–water partition coefficient (Wildman–Crippen LogP) is -0.894. The van der Waals surface area contributed by atoms with Crippen LogP contribution in [0.25, 0.3) is 0 Å². The van der Waals surface area contributed by atoms with Gasteiger partial charge in [0.1, 0.15) is 5.69 Å². The molecule has 0 saturated carbocycles. The lowest BCUT2D eigenvalue weighted by molar-refractivity contribution is -0.122. The minimum absolute atomic E-state index is 0.140. The van der Waals surface area contributed by atoms with Crippen molar-refractivity contribution in [3.63, 3.8) is 0 Å². The molecule has 0 aliphatic carbocycles. The summed E-state index contributed by atoms with van der Waals surface area (Å²) >= 11 is 0. The number of primary amides is 1. The Morgan fingerprint density at radius 2 is 2.09 bits per heavy atom. The van der Waals surface area contributed by atoms with Gasteiger partial charge < -0.3 is 20.6 Å². The predicted molar refractivity (Wildman–Crippen MR) is 74.0 cm³/mol.